The van der Waals surface area contributed by atoms with Crippen molar-refractivity contribution in [3.05, 3.63) is 65.5 Å². The van der Waals surface area contributed by atoms with Crippen LogP contribution in [0.4, 0.5) is 0 Å². The fourth-order valence-corrected chi connectivity index (χ4v) is 4.34. The highest BCUT2D eigenvalue weighted by Gasteiger charge is 2.26. The van der Waals surface area contributed by atoms with Crippen LogP contribution in [0.2, 0.25) is 0 Å². The molecule has 7 nitrogen and oxygen atoms in total. The van der Waals surface area contributed by atoms with Gasteiger partial charge in [0.2, 0.25) is 11.6 Å². The van der Waals surface area contributed by atoms with Crippen molar-refractivity contribution in [3.63, 3.8) is 0 Å². The van der Waals surface area contributed by atoms with Gasteiger partial charge in [-0.15, -0.1) is 5.10 Å². The fraction of sp³-hybridized carbons (Fsp3) is 0.400. The van der Waals surface area contributed by atoms with Crippen molar-refractivity contribution >= 4 is 11.8 Å². The van der Waals surface area contributed by atoms with Crippen molar-refractivity contribution in [3.8, 4) is 11.1 Å². The molecule has 166 valence electrons. The number of hydrogen-bond acceptors (Lipinski definition) is 5. The van der Waals surface area contributed by atoms with Crippen LogP contribution in [0.3, 0.4) is 0 Å². The van der Waals surface area contributed by atoms with Gasteiger partial charge in [-0.3, -0.25) is 9.78 Å². The molecule has 1 N–H and O–H groups in total. The van der Waals surface area contributed by atoms with Gasteiger partial charge in [0.1, 0.15) is 5.82 Å². The SMILES string of the molecule is CCCn1nc(C(=O)C2CCCCC2)nc1Cc1ccc(-c2cnccc2C(=O)O)cc1. The van der Waals surface area contributed by atoms with E-state index < -0.39 is 5.97 Å². The largest absolute Gasteiger partial charge is 0.478 e. The molecule has 3 aromatic rings. The number of aryl methyl sites for hydroxylation is 1. The van der Waals surface area contributed by atoms with Crippen LogP contribution in [0.25, 0.3) is 11.1 Å². The van der Waals surface area contributed by atoms with Crippen molar-refractivity contribution in [1.29, 1.82) is 0 Å². The maximum Gasteiger partial charge on any atom is 0.336 e. The van der Waals surface area contributed by atoms with Crippen molar-refractivity contribution < 1.29 is 14.7 Å². The maximum absolute atomic E-state index is 12.9. The van der Waals surface area contributed by atoms with E-state index in [4.69, 9.17) is 0 Å². The summed E-state index contributed by atoms with van der Waals surface area (Å²) in [6.45, 7) is 2.80. The first-order valence-electron chi connectivity index (χ1n) is 11.3. The van der Waals surface area contributed by atoms with Crippen LogP contribution in [0.15, 0.2) is 42.7 Å². The first kappa shape index (κ1) is 21.9. The Balaban J connectivity index is 1.55. The van der Waals surface area contributed by atoms with E-state index >= 15 is 0 Å². The number of aromatic nitrogens is 4. The summed E-state index contributed by atoms with van der Waals surface area (Å²) in [4.78, 5) is 33.1. The van der Waals surface area contributed by atoms with Gasteiger partial charge in [0.25, 0.3) is 0 Å². The van der Waals surface area contributed by atoms with E-state index in [-0.39, 0.29) is 17.3 Å². The van der Waals surface area contributed by atoms with Gasteiger partial charge in [-0.1, -0.05) is 50.5 Å². The molecule has 1 aromatic carbocycles. The minimum absolute atomic E-state index is 0.0521. The summed E-state index contributed by atoms with van der Waals surface area (Å²) >= 11 is 0. The third-order valence-electron chi connectivity index (χ3n) is 6.06. The predicted octanol–water partition coefficient (Wildman–Crippen LogP) is 4.80. The van der Waals surface area contributed by atoms with Crippen molar-refractivity contribution in [2.24, 2.45) is 5.92 Å². The molecule has 32 heavy (non-hydrogen) atoms. The number of carbonyl (C=O) groups is 2. The second-order valence-electron chi connectivity index (χ2n) is 8.37. The Morgan fingerprint density at radius 3 is 2.53 bits per heavy atom. The fourth-order valence-electron chi connectivity index (χ4n) is 4.34. The zero-order valence-electron chi connectivity index (χ0n) is 18.3. The van der Waals surface area contributed by atoms with E-state index in [1.54, 1.807) is 6.20 Å². The Hall–Kier alpha value is -3.35. The zero-order chi connectivity index (χ0) is 22.5. The van der Waals surface area contributed by atoms with Gasteiger partial charge < -0.3 is 5.11 Å². The highest BCUT2D eigenvalue weighted by molar-refractivity contribution is 5.95. The van der Waals surface area contributed by atoms with Crippen molar-refractivity contribution in [2.45, 2.75) is 58.4 Å². The average molecular weight is 433 g/mol. The van der Waals surface area contributed by atoms with Crippen LogP contribution >= 0.6 is 0 Å². The minimum atomic E-state index is -0.977. The second kappa shape index (κ2) is 9.85. The number of hydrogen-bond donors (Lipinski definition) is 1. The minimum Gasteiger partial charge on any atom is -0.478 e. The highest BCUT2D eigenvalue weighted by atomic mass is 16.4. The van der Waals surface area contributed by atoms with Gasteiger partial charge >= 0.3 is 5.97 Å². The van der Waals surface area contributed by atoms with Gasteiger partial charge in [0.05, 0.1) is 5.56 Å². The van der Waals surface area contributed by atoms with E-state index in [0.717, 1.165) is 55.6 Å². The van der Waals surface area contributed by atoms with Gasteiger partial charge in [-0.05, 0) is 36.5 Å². The van der Waals surface area contributed by atoms with E-state index in [2.05, 4.69) is 22.0 Å². The van der Waals surface area contributed by atoms with E-state index in [9.17, 15) is 14.7 Å². The molecule has 1 aliphatic carbocycles. The molecule has 0 aliphatic heterocycles. The van der Waals surface area contributed by atoms with Crippen molar-refractivity contribution in [2.75, 3.05) is 0 Å². The molecular formula is C25H28N4O3. The molecule has 0 radical (unpaired) electrons. The molecule has 7 heteroatoms. The number of carboxylic acid groups (broad SMARTS) is 1. The van der Waals surface area contributed by atoms with Gasteiger partial charge in [0.15, 0.2) is 0 Å². The van der Waals surface area contributed by atoms with Crippen molar-refractivity contribution in [1.82, 2.24) is 19.7 Å². The molecule has 0 saturated heterocycles. The van der Waals surface area contributed by atoms with Crippen LogP contribution in [0.5, 0.6) is 0 Å². The predicted molar refractivity (Wildman–Crippen MR) is 121 cm³/mol. The molecule has 2 aromatic heterocycles. The average Bonchev–Trinajstić information content (AvgIpc) is 3.22. The summed E-state index contributed by atoms with van der Waals surface area (Å²) < 4.78 is 1.85. The number of aromatic carboxylic acids is 1. The Labute approximate surface area is 187 Å². The first-order chi connectivity index (χ1) is 15.6. The molecule has 0 bridgehead atoms. The Kier molecular flexibility index (Phi) is 6.73. The summed E-state index contributed by atoms with van der Waals surface area (Å²) in [6, 6.07) is 9.22. The summed E-state index contributed by atoms with van der Waals surface area (Å²) in [5.41, 5.74) is 2.63. The number of benzene rings is 1. The third kappa shape index (κ3) is 4.77. The third-order valence-corrected chi connectivity index (χ3v) is 6.06. The first-order valence-corrected chi connectivity index (χ1v) is 11.3. The van der Waals surface area contributed by atoms with Crippen LogP contribution in [0.1, 0.15) is 77.8 Å². The van der Waals surface area contributed by atoms with E-state index in [1.165, 1.54) is 18.7 Å². The highest BCUT2D eigenvalue weighted by Crippen LogP contribution is 2.27. The molecule has 2 heterocycles. The summed E-state index contributed by atoms with van der Waals surface area (Å²) in [5, 5.41) is 14.0. The van der Waals surface area contributed by atoms with Gasteiger partial charge in [0, 0.05) is 36.8 Å². The number of carboxylic acids is 1. The zero-order valence-corrected chi connectivity index (χ0v) is 18.3. The molecule has 0 unspecified atom stereocenters. The summed E-state index contributed by atoms with van der Waals surface area (Å²) in [6.07, 6.45) is 9.80. The number of rotatable bonds is 8. The molecule has 0 amide bonds. The van der Waals surface area contributed by atoms with Crippen LogP contribution < -0.4 is 0 Å². The monoisotopic (exact) mass is 432 g/mol. The van der Waals surface area contributed by atoms with Gasteiger partial charge in [-0.2, -0.15) is 0 Å². The number of pyridine rings is 1. The molecule has 4 rings (SSSR count). The molecular weight excluding hydrogens is 404 g/mol. The second-order valence-corrected chi connectivity index (χ2v) is 8.37. The number of ketones is 1. The lowest BCUT2D eigenvalue weighted by Gasteiger charge is -2.18. The molecule has 0 atom stereocenters. The normalized spacial score (nSPS) is 14.4. The van der Waals surface area contributed by atoms with Crippen LogP contribution in [-0.2, 0) is 13.0 Å². The molecule has 1 saturated carbocycles. The molecule has 0 spiro atoms. The smallest absolute Gasteiger partial charge is 0.336 e. The summed E-state index contributed by atoms with van der Waals surface area (Å²) in [5.74, 6) is 0.282. The van der Waals surface area contributed by atoms with Crippen LogP contribution in [0, 0.1) is 5.92 Å². The van der Waals surface area contributed by atoms with E-state index in [1.807, 2.05) is 28.9 Å². The Morgan fingerprint density at radius 1 is 1.09 bits per heavy atom. The molecule has 1 aliphatic rings. The lowest BCUT2D eigenvalue weighted by Crippen LogP contribution is -2.19. The maximum atomic E-state index is 12.9. The lowest BCUT2D eigenvalue weighted by atomic mass is 9.86. The lowest BCUT2D eigenvalue weighted by molar-refractivity contribution is 0.0697. The molecule has 1 fully saturated rings. The van der Waals surface area contributed by atoms with E-state index in [0.29, 0.717) is 17.8 Å². The standard InChI is InChI=1S/C25H28N4O3/c1-2-14-29-22(27-24(28-29)23(30)19-6-4-3-5-7-19)15-17-8-10-18(11-9-17)21-16-26-13-12-20(21)25(31)32/h8-13,16,19H,2-7,14-15H2,1H3,(H,31,32). The number of nitrogens with zero attached hydrogens (tertiary/aromatic N) is 4. The Morgan fingerprint density at radius 2 is 1.84 bits per heavy atom. The topological polar surface area (TPSA) is 98.0 Å². The van der Waals surface area contributed by atoms with Gasteiger partial charge in [-0.25, -0.2) is 14.5 Å². The number of Topliss-reactive ketones (excluding diaryl/α,β-unsaturated/α-hetero) is 1. The summed E-state index contributed by atoms with van der Waals surface area (Å²) in [7, 11) is 0. The van der Waals surface area contributed by atoms with Crippen LogP contribution in [-0.4, -0.2) is 36.6 Å². The quantitative estimate of drug-likeness (QED) is 0.513. The Bertz CT molecular complexity index is 1100. The number of carbonyl (C=O) groups excluding carboxylic acids is 1.